The van der Waals surface area contributed by atoms with Gasteiger partial charge in [-0.05, 0) is 57.2 Å². The Balaban J connectivity index is 2.06. The van der Waals surface area contributed by atoms with Gasteiger partial charge in [-0.1, -0.05) is 0 Å². The lowest BCUT2D eigenvalue weighted by Crippen LogP contribution is -2.31. The largest absolute Gasteiger partial charge is 0.354 e. The van der Waals surface area contributed by atoms with Crippen LogP contribution in [-0.4, -0.2) is 39.8 Å². The minimum atomic E-state index is -0.126. The van der Waals surface area contributed by atoms with Crippen molar-refractivity contribution in [1.82, 2.24) is 14.9 Å². The number of pyridine rings is 2. The van der Waals surface area contributed by atoms with Crippen LogP contribution in [0.5, 0.6) is 0 Å². The predicted molar refractivity (Wildman–Crippen MR) is 116 cm³/mol. The highest BCUT2D eigenvalue weighted by atomic mass is 16.2. The third-order valence-electron chi connectivity index (χ3n) is 4.62. The molecule has 2 heterocycles. The van der Waals surface area contributed by atoms with Crippen LogP contribution in [0.25, 0.3) is 11.0 Å². The molecule has 0 aliphatic heterocycles. The Hall–Kier alpha value is -3.48. The highest BCUT2D eigenvalue weighted by Gasteiger charge is 2.20. The summed E-state index contributed by atoms with van der Waals surface area (Å²) in [6, 6.07) is 11.1. The standard InChI is InChI=1S/C22H25N5O2/c1-5-27(6-2)22(29)19-13-23-21-18(12-7-14(3)24-21)20(19)26-17-10-8-16(9-11-17)25-15(4)28/h7-13H,5-6H2,1-4H3,(H,25,28)(H,23,24,26). The fourth-order valence-electron chi connectivity index (χ4n) is 3.13. The van der Waals surface area contributed by atoms with E-state index in [-0.39, 0.29) is 11.8 Å². The molecule has 1 aromatic carbocycles. The van der Waals surface area contributed by atoms with Crippen molar-refractivity contribution in [2.45, 2.75) is 27.7 Å². The fraction of sp³-hybridized carbons (Fsp3) is 0.273. The molecule has 0 spiro atoms. The number of rotatable bonds is 6. The van der Waals surface area contributed by atoms with E-state index in [2.05, 4.69) is 20.6 Å². The Kier molecular flexibility index (Phi) is 6.07. The number of hydrogen-bond donors (Lipinski definition) is 2. The molecular formula is C22H25N5O2. The van der Waals surface area contributed by atoms with Crippen LogP contribution < -0.4 is 10.6 Å². The van der Waals surface area contributed by atoms with Crippen LogP contribution in [0.3, 0.4) is 0 Å². The smallest absolute Gasteiger partial charge is 0.257 e. The van der Waals surface area contributed by atoms with E-state index in [0.29, 0.717) is 35.7 Å². The molecule has 0 fully saturated rings. The summed E-state index contributed by atoms with van der Waals surface area (Å²) in [5.74, 6) is -0.207. The molecule has 0 saturated heterocycles. The van der Waals surface area contributed by atoms with E-state index in [1.54, 1.807) is 23.2 Å². The summed E-state index contributed by atoms with van der Waals surface area (Å²) in [4.78, 5) is 35.0. The number of anilines is 3. The molecule has 0 aliphatic carbocycles. The Morgan fingerprint density at radius 2 is 1.66 bits per heavy atom. The van der Waals surface area contributed by atoms with Gasteiger partial charge in [0, 0.05) is 48.7 Å². The third kappa shape index (κ3) is 4.51. The van der Waals surface area contributed by atoms with Crippen LogP contribution >= 0.6 is 0 Å². The van der Waals surface area contributed by atoms with Crippen LogP contribution in [0.15, 0.2) is 42.6 Å². The molecule has 0 aliphatic rings. The van der Waals surface area contributed by atoms with Gasteiger partial charge in [0.05, 0.1) is 11.3 Å². The number of hydrogen-bond acceptors (Lipinski definition) is 5. The van der Waals surface area contributed by atoms with Crippen LogP contribution in [0.1, 0.15) is 36.8 Å². The summed E-state index contributed by atoms with van der Waals surface area (Å²) in [5, 5.41) is 6.88. The lowest BCUT2D eigenvalue weighted by Gasteiger charge is -2.21. The zero-order valence-corrected chi connectivity index (χ0v) is 17.1. The Bertz CT molecular complexity index is 1040. The molecule has 2 amide bonds. The van der Waals surface area contributed by atoms with E-state index in [1.807, 2.05) is 45.0 Å². The number of amides is 2. The quantitative estimate of drug-likeness (QED) is 0.660. The Morgan fingerprint density at radius 3 is 2.28 bits per heavy atom. The molecule has 0 saturated carbocycles. The van der Waals surface area contributed by atoms with Crippen molar-refractivity contribution < 1.29 is 9.59 Å². The summed E-state index contributed by atoms with van der Waals surface area (Å²) in [5.41, 5.74) is 4.11. The Morgan fingerprint density at radius 1 is 1.00 bits per heavy atom. The molecule has 7 nitrogen and oxygen atoms in total. The van der Waals surface area contributed by atoms with E-state index in [1.165, 1.54) is 6.92 Å². The van der Waals surface area contributed by atoms with E-state index in [4.69, 9.17) is 0 Å². The number of carbonyl (C=O) groups is 2. The van der Waals surface area contributed by atoms with Gasteiger partial charge in [0.15, 0.2) is 5.65 Å². The van der Waals surface area contributed by atoms with Gasteiger partial charge in [-0.15, -0.1) is 0 Å². The highest BCUT2D eigenvalue weighted by Crippen LogP contribution is 2.30. The van der Waals surface area contributed by atoms with Gasteiger partial charge >= 0.3 is 0 Å². The van der Waals surface area contributed by atoms with Gasteiger partial charge < -0.3 is 15.5 Å². The topological polar surface area (TPSA) is 87.2 Å². The molecule has 0 bridgehead atoms. The second-order valence-electron chi connectivity index (χ2n) is 6.73. The normalized spacial score (nSPS) is 10.6. The lowest BCUT2D eigenvalue weighted by atomic mass is 10.1. The molecule has 29 heavy (non-hydrogen) atoms. The third-order valence-corrected chi connectivity index (χ3v) is 4.62. The predicted octanol–water partition coefficient (Wildman–Crippen LogP) is 4.12. The monoisotopic (exact) mass is 391 g/mol. The second-order valence-corrected chi connectivity index (χ2v) is 6.73. The first-order chi connectivity index (χ1) is 13.9. The number of carbonyl (C=O) groups excluding carboxylic acids is 2. The minimum absolute atomic E-state index is 0.0812. The van der Waals surface area contributed by atoms with E-state index in [0.717, 1.165) is 16.8 Å². The minimum Gasteiger partial charge on any atom is -0.354 e. The van der Waals surface area contributed by atoms with E-state index >= 15 is 0 Å². The zero-order chi connectivity index (χ0) is 21.0. The molecule has 3 aromatic rings. The maximum atomic E-state index is 13.1. The highest BCUT2D eigenvalue weighted by molar-refractivity contribution is 6.07. The average Bonchev–Trinajstić information content (AvgIpc) is 2.69. The zero-order valence-electron chi connectivity index (χ0n) is 17.1. The second kappa shape index (κ2) is 8.68. The van der Waals surface area contributed by atoms with Gasteiger partial charge in [-0.25, -0.2) is 9.97 Å². The van der Waals surface area contributed by atoms with Crippen LogP contribution in [0, 0.1) is 6.92 Å². The van der Waals surface area contributed by atoms with Gasteiger partial charge in [0.25, 0.3) is 5.91 Å². The van der Waals surface area contributed by atoms with Gasteiger partial charge in [0.1, 0.15) is 0 Å². The summed E-state index contributed by atoms with van der Waals surface area (Å²) in [6.45, 7) is 8.51. The van der Waals surface area contributed by atoms with Gasteiger partial charge in [-0.3, -0.25) is 9.59 Å². The molecule has 2 N–H and O–H groups in total. The van der Waals surface area contributed by atoms with E-state index in [9.17, 15) is 9.59 Å². The molecule has 2 aromatic heterocycles. The van der Waals surface area contributed by atoms with Crippen molar-refractivity contribution >= 4 is 39.9 Å². The van der Waals surface area contributed by atoms with Crippen molar-refractivity contribution in [2.24, 2.45) is 0 Å². The number of nitrogens with zero attached hydrogens (tertiary/aromatic N) is 3. The molecule has 3 rings (SSSR count). The number of benzene rings is 1. The molecular weight excluding hydrogens is 366 g/mol. The molecule has 0 radical (unpaired) electrons. The molecule has 7 heteroatoms. The number of nitrogens with one attached hydrogen (secondary N) is 2. The van der Waals surface area contributed by atoms with Crippen molar-refractivity contribution in [3.63, 3.8) is 0 Å². The van der Waals surface area contributed by atoms with Crippen LogP contribution in [0.4, 0.5) is 17.1 Å². The van der Waals surface area contributed by atoms with Gasteiger partial charge in [-0.2, -0.15) is 0 Å². The number of aromatic nitrogens is 2. The van der Waals surface area contributed by atoms with Crippen molar-refractivity contribution in [3.05, 3.63) is 53.9 Å². The maximum Gasteiger partial charge on any atom is 0.257 e. The summed E-state index contributed by atoms with van der Waals surface area (Å²) in [7, 11) is 0. The summed E-state index contributed by atoms with van der Waals surface area (Å²) >= 11 is 0. The first-order valence-electron chi connectivity index (χ1n) is 9.63. The van der Waals surface area contributed by atoms with E-state index < -0.39 is 0 Å². The lowest BCUT2D eigenvalue weighted by molar-refractivity contribution is -0.114. The van der Waals surface area contributed by atoms with Crippen LogP contribution in [-0.2, 0) is 4.79 Å². The summed E-state index contributed by atoms with van der Waals surface area (Å²) in [6.07, 6.45) is 1.59. The average molecular weight is 391 g/mol. The number of fused-ring (bicyclic) bond motifs is 1. The van der Waals surface area contributed by atoms with Crippen LogP contribution in [0.2, 0.25) is 0 Å². The molecule has 150 valence electrons. The van der Waals surface area contributed by atoms with Crippen molar-refractivity contribution in [1.29, 1.82) is 0 Å². The first-order valence-corrected chi connectivity index (χ1v) is 9.63. The SMILES string of the molecule is CCN(CC)C(=O)c1cnc2nc(C)ccc2c1Nc1ccc(NC(C)=O)cc1. The van der Waals surface area contributed by atoms with Crippen molar-refractivity contribution in [3.8, 4) is 0 Å². The fourth-order valence-corrected chi connectivity index (χ4v) is 3.13. The Labute approximate surface area is 170 Å². The maximum absolute atomic E-state index is 13.1. The summed E-state index contributed by atoms with van der Waals surface area (Å²) < 4.78 is 0. The molecule has 0 unspecified atom stereocenters. The van der Waals surface area contributed by atoms with Crippen molar-refractivity contribution in [2.75, 3.05) is 23.7 Å². The number of aryl methyl sites for hydroxylation is 1. The first kappa shape index (κ1) is 20.3. The van der Waals surface area contributed by atoms with Gasteiger partial charge in [0.2, 0.25) is 5.91 Å². The molecule has 0 atom stereocenters.